The molecule has 0 saturated carbocycles. The van der Waals surface area contributed by atoms with E-state index in [0.29, 0.717) is 13.2 Å². The quantitative estimate of drug-likeness (QED) is 0.268. The first kappa shape index (κ1) is 7.21. The van der Waals surface area contributed by atoms with Crippen molar-refractivity contribution in [2.45, 2.75) is 0 Å². The highest BCUT2D eigenvalue weighted by Crippen LogP contribution is 1.86. The summed E-state index contributed by atoms with van der Waals surface area (Å²) in [6, 6.07) is 0. The van der Waals surface area contributed by atoms with Crippen molar-refractivity contribution in [3.8, 4) is 0 Å². The van der Waals surface area contributed by atoms with E-state index < -0.39 is 6.16 Å². The Bertz CT molecular complexity index is 155. The minimum atomic E-state index is -0.604. The number of rotatable bonds is 0. The van der Waals surface area contributed by atoms with Crippen molar-refractivity contribution in [2.24, 2.45) is 0 Å². The highest BCUT2D eigenvalue weighted by atomic mass is 16.7. The first-order valence-electron chi connectivity index (χ1n) is 3.12. The summed E-state index contributed by atoms with van der Waals surface area (Å²) in [7, 11) is 1.93. The molecular formula is C6H10NO3+. The van der Waals surface area contributed by atoms with Crippen LogP contribution in [0.25, 0.3) is 0 Å². The molecule has 4 nitrogen and oxygen atoms in total. The molecule has 1 rings (SSSR count). The van der Waals surface area contributed by atoms with Crippen molar-refractivity contribution in [3.05, 3.63) is 0 Å². The summed E-state index contributed by atoms with van der Waals surface area (Å²) >= 11 is 0. The number of ether oxygens (including phenoxy) is 1. The molecule has 0 aromatic carbocycles. The Morgan fingerprint density at radius 3 is 3.40 bits per heavy atom. The van der Waals surface area contributed by atoms with Crippen LogP contribution in [-0.4, -0.2) is 44.1 Å². The Kier molecular flexibility index (Phi) is 2.39. The molecule has 0 aromatic heterocycles. The highest BCUT2D eigenvalue weighted by Gasteiger charge is 2.16. The predicted molar refractivity (Wildman–Crippen MR) is 34.9 cm³/mol. The van der Waals surface area contributed by atoms with Gasteiger partial charge in [0.2, 0.25) is 0 Å². The predicted octanol–water partition coefficient (Wildman–Crippen LogP) is -0.197. The second-order valence-electron chi connectivity index (χ2n) is 2.15. The fourth-order valence-corrected chi connectivity index (χ4v) is 0.643. The maximum atomic E-state index is 10.4. The standard InChI is InChI=1S/C6H10NO3/c1-7-2-4-9-6(8)10-5-3-7/h4H,2-3,5H2,1H3/q+1. The molecule has 0 radical (unpaired) electrons. The van der Waals surface area contributed by atoms with Crippen molar-refractivity contribution in [3.63, 3.8) is 0 Å². The molecule has 0 bridgehead atoms. The minimum Gasteiger partial charge on any atom is -0.314 e. The van der Waals surface area contributed by atoms with E-state index >= 15 is 0 Å². The van der Waals surface area contributed by atoms with Gasteiger partial charge in [-0.05, 0) is 7.05 Å². The van der Waals surface area contributed by atoms with Crippen LogP contribution in [0.3, 0.4) is 0 Å². The molecule has 0 fully saturated rings. The average molecular weight is 144 g/mol. The third-order valence-corrected chi connectivity index (χ3v) is 1.26. The molecule has 56 valence electrons. The van der Waals surface area contributed by atoms with Crippen LogP contribution in [-0.2, 0) is 9.16 Å². The van der Waals surface area contributed by atoms with E-state index in [0.717, 1.165) is 6.54 Å². The lowest BCUT2D eigenvalue weighted by Crippen LogP contribution is -2.29. The van der Waals surface area contributed by atoms with Crippen LogP contribution in [0.5, 0.6) is 0 Å². The molecule has 0 aromatic rings. The number of carbonyl (C=O) groups is 1. The summed E-state index contributed by atoms with van der Waals surface area (Å²) in [6.45, 7) is 1.82. The van der Waals surface area contributed by atoms with E-state index in [-0.39, 0.29) is 0 Å². The Labute approximate surface area is 59.1 Å². The van der Waals surface area contributed by atoms with Crippen molar-refractivity contribution < 1.29 is 14.0 Å². The van der Waals surface area contributed by atoms with Crippen LogP contribution in [0.2, 0.25) is 0 Å². The maximum Gasteiger partial charge on any atom is 0.783 e. The lowest BCUT2D eigenvalue weighted by molar-refractivity contribution is -0.366. The number of nitrogens with zero attached hydrogens (tertiary/aromatic N) is 1. The number of aldehydes is 1. The van der Waals surface area contributed by atoms with Crippen LogP contribution in [0, 0.1) is 0 Å². The van der Waals surface area contributed by atoms with Crippen LogP contribution in [0.4, 0.5) is 4.79 Å². The second kappa shape index (κ2) is 3.31. The number of hydrogen-bond acceptors (Lipinski definition) is 3. The van der Waals surface area contributed by atoms with Crippen LogP contribution >= 0.6 is 0 Å². The molecule has 0 aliphatic carbocycles. The third-order valence-electron chi connectivity index (χ3n) is 1.26. The fourth-order valence-electron chi connectivity index (χ4n) is 0.643. The molecule has 1 heterocycles. The monoisotopic (exact) mass is 144 g/mol. The Morgan fingerprint density at radius 2 is 2.60 bits per heavy atom. The zero-order chi connectivity index (χ0) is 7.40. The van der Waals surface area contributed by atoms with Crippen molar-refractivity contribution in [2.75, 3.05) is 26.7 Å². The molecule has 1 aliphatic rings. The first-order valence-corrected chi connectivity index (χ1v) is 3.12. The molecule has 10 heavy (non-hydrogen) atoms. The summed E-state index contributed by atoms with van der Waals surface area (Å²) in [6.07, 6.45) is 0.828. The van der Waals surface area contributed by atoms with Gasteiger partial charge in [0.15, 0.2) is 12.9 Å². The topological polar surface area (TPSA) is 40.8 Å². The number of cyclic esters (lactones) is 1. The zero-order valence-corrected chi connectivity index (χ0v) is 5.87. The molecule has 0 amide bonds. The smallest absolute Gasteiger partial charge is 0.314 e. The van der Waals surface area contributed by atoms with Gasteiger partial charge in [0.25, 0.3) is 0 Å². The van der Waals surface area contributed by atoms with Crippen molar-refractivity contribution in [1.29, 1.82) is 0 Å². The summed E-state index contributed by atoms with van der Waals surface area (Å²) in [4.78, 5) is 12.4. The van der Waals surface area contributed by atoms with Gasteiger partial charge in [-0.15, -0.1) is 0 Å². The Morgan fingerprint density at radius 1 is 1.80 bits per heavy atom. The molecule has 4 heteroatoms. The number of likely N-dealkylation sites (N-methyl/N-ethyl adjacent to an activating group) is 1. The van der Waals surface area contributed by atoms with E-state index in [4.69, 9.17) is 0 Å². The van der Waals surface area contributed by atoms with Gasteiger partial charge in [0.1, 0.15) is 0 Å². The third kappa shape index (κ3) is 2.14. The summed E-state index contributed by atoms with van der Waals surface area (Å²) in [5, 5.41) is 0. The maximum absolute atomic E-state index is 10.4. The molecule has 0 spiro atoms. The van der Waals surface area contributed by atoms with Gasteiger partial charge in [0.05, 0.1) is 13.1 Å². The van der Waals surface area contributed by atoms with Crippen LogP contribution in [0.15, 0.2) is 0 Å². The lowest BCUT2D eigenvalue weighted by Gasteiger charge is -2.10. The Hall–Kier alpha value is -0.900. The van der Waals surface area contributed by atoms with Gasteiger partial charge in [-0.2, -0.15) is 0 Å². The summed E-state index contributed by atoms with van der Waals surface area (Å²) in [5.41, 5.74) is 0. The molecular weight excluding hydrogens is 134 g/mol. The van der Waals surface area contributed by atoms with Gasteiger partial charge in [-0.25, -0.2) is 0 Å². The number of carbonyl (C=O) groups excluding carboxylic acids is 2. The van der Waals surface area contributed by atoms with Gasteiger partial charge < -0.3 is 4.74 Å². The minimum absolute atomic E-state index is 0.406. The molecule has 0 atom stereocenters. The van der Waals surface area contributed by atoms with E-state index in [1.165, 1.54) is 6.29 Å². The number of hydrogen-bond donors (Lipinski definition) is 0. The highest BCUT2D eigenvalue weighted by molar-refractivity contribution is 5.64. The van der Waals surface area contributed by atoms with E-state index in [1.807, 2.05) is 11.9 Å². The van der Waals surface area contributed by atoms with E-state index in [2.05, 4.69) is 9.16 Å². The Balaban J connectivity index is 2.45. The average Bonchev–Trinajstić information content (AvgIpc) is 1.84. The summed E-state index contributed by atoms with van der Waals surface area (Å²) in [5.74, 6) is 0. The van der Waals surface area contributed by atoms with Crippen LogP contribution < -0.4 is 0 Å². The summed E-state index contributed by atoms with van der Waals surface area (Å²) < 4.78 is 9.14. The zero-order valence-electron chi connectivity index (χ0n) is 5.87. The normalized spacial score (nSPS) is 21.5. The van der Waals surface area contributed by atoms with Crippen LogP contribution in [0.1, 0.15) is 0 Å². The molecule has 0 unspecified atom stereocenters. The van der Waals surface area contributed by atoms with E-state index in [1.54, 1.807) is 0 Å². The van der Waals surface area contributed by atoms with Gasteiger partial charge in [0, 0.05) is 4.79 Å². The van der Waals surface area contributed by atoms with Gasteiger partial charge >= 0.3 is 6.16 Å². The molecule has 0 N–H and O–H groups in total. The van der Waals surface area contributed by atoms with Gasteiger partial charge in [-0.3, -0.25) is 9.32 Å². The van der Waals surface area contributed by atoms with Crippen molar-refractivity contribution in [1.82, 2.24) is 4.90 Å². The van der Waals surface area contributed by atoms with Crippen molar-refractivity contribution >= 4 is 12.4 Å². The van der Waals surface area contributed by atoms with E-state index in [9.17, 15) is 4.79 Å². The first-order chi connectivity index (χ1) is 4.79. The fraction of sp³-hybridized carbons (Fsp3) is 0.667. The largest absolute Gasteiger partial charge is 0.783 e. The van der Waals surface area contributed by atoms with Gasteiger partial charge in [-0.1, -0.05) is 0 Å². The lowest BCUT2D eigenvalue weighted by atomic mass is 10.5. The SMILES string of the molecule is CN1CC=[O+]C(=O)OCC1. The molecule has 0 saturated heterocycles. The molecule has 1 aliphatic heterocycles. The second-order valence-corrected chi connectivity index (χ2v) is 2.15.